The number of rotatable bonds is 8. The first-order valence-electron chi connectivity index (χ1n) is 10.3. The van der Waals surface area contributed by atoms with E-state index in [2.05, 4.69) is 15.4 Å². The summed E-state index contributed by atoms with van der Waals surface area (Å²) in [6, 6.07) is 14.0. The Morgan fingerprint density at radius 3 is 2.30 bits per heavy atom. The number of hydrogen-bond acceptors (Lipinski definition) is 7. The molecule has 0 unspecified atom stereocenters. The molecule has 0 saturated heterocycles. The Labute approximate surface area is 192 Å². The predicted octanol–water partition coefficient (Wildman–Crippen LogP) is 3.44. The Morgan fingerprint density at radius 2 is 1.67 bits per heavy atom. The summed E-state index contributed by atoms with van der Waals surface area (Å²) >= 11 is 0. The molecule has 33 heavy (non-hydrogen) atoms. The molecule has 0 spiro atoms. The highest BCUT2D eigenvalue weighted by atomic mass is 16.6. The topological polar surface area (TPSA) is 120 Å². The third-order valence-corrected chi connectivity index (χ3v) is 4.17. The Hall–Kier alpha value is -3.88. The SMILES string of the molecule is COC(=O)[C@H](CC(=O)OC(C)(C)C)NC(=O)c1cccc(NC(=O)OCc2ccccc2)c1. The molecular weight excluding hydrogens is 428 g/mol. The number of anilines is 1. The number of hydrogen-bond donors (Lipinski definition) is 2. The standard InChI is InChI=1S/C24H28N2O7/c1-24(2,3)33-20(27)14-19(22(29)31-4)26-21(28)17-11-8-12-18(13-17)25-23(30)32-15-16-9-6-5-7-10-16/h5-13,19H,14-15H2,1-4H3,(H,25,30)(H,26,28)/t19-/m0/s1. The molecule has 0 aliphatic heterocycles. The van der Waals surface area contributed by atoms with E-state index in [1.165, 1.54) is 12.1 Å². The lowest BCUT2D eigenvalue weighted by molar-refractivity contribution is -0.158. The van der Waals surface area contributed by atoms with Gasteiger partial charge in [-0.05, 0) is 44.5 Å². The van der Waals surface area contributed by atoms with Gasteiger partial charge in [-0.25, -0.2) is 9.59 Å². The van der Waals surface area contributed by atoms with Gasteiger partial charge in [-0.3, -0.25) is 14.9 Å². The molecule has 0 aromatic heterocycles. The quantitative estimate of drug-likeness (QED) is 0.461. The van der Waals surface area contributed by atoms with E-state index in [0.29, 0.717) is 5.69 Å². The molecule has 0 saturated carbocycles. The minimum Gasteiger partial charge on any atom is -0.467 e. The molecule has 9 heteroatoms. The second-order valence-corrected chi connectivity index (χ2v) is 8.11. The van der Waals surface area contributed by atoms with Crippen molar-refractivity contribution in [3.05, 3.63) is 65.7 Å². The van der Waals surface area contributed by atoms with Crippen molar-refractivity contribution in [1.82, 2.24) is 5.32 Å². The van der Waals surface area contributed by atoms with Crippen LogP contribution in [0.4, 0.5) is 10.5 Å². The molecule has 9 nitrogen and oxygen atoms in total. The molecule has 0 fully saturated rings. The van der Waals surface area contributed by atoms with Crippen LogP contribution in [0.25, 0.3) is 0 Å². The van der Waals surface area contributed by atoms with E-state index in [1.54, 1.807) is 32.9 Å². The molecule has 2 amide bonds. The van der Waals surface area contributed by atoms with E-state index in [4.69, 9.17) is 9.47 Å². The molecule has 2 aromatic carbocycles. The lowest BCUT2D eigenvalue weighted by atomic mass is 10.1. The Bertz CT molecular complexity index is 984. The van der Waals surface area contributed by atoms with Crippen molar-refractivity contribution < 1.29 is 33.4 Å². The summed E-state index contributed by atoms with van der Waals surface area (Å²) in [5.41, 5.74) is 0.577. The number of methoxy groups -OCH3 is 1. The van der Waals surface area contributed by atoms with Gasteiger partial charge >= 0.3 is 18.0 Å². The molecule has 0 heterocycles. The lowest BCUT2D eigenvalue weighted by Gasteiger charge is -2.22. The summed E-state index contributed by atoms with van der Waals surface area (Å²) in [4.78, 5) is 48.9. The van der Waals surface area contributed by atoms with E-state index < -0.39 is 35.6 Å². The summed E-state index contributed by atoms with van der Waals surface area (Å²) in [6.45, 7) is 5.18. The van der Waals surface area contributed by atoms with Crippen LogP contribution in [-0.4, -0.2) is 42.7 Å². The van der Waals surface area contributed by atoms with Gasteiger partial charge in [-0.2, -0.15) is 0 Å². The van der Waals surface area contributed by atoms with Crippen LogP contribution in [0.3, 0.4) is 0 Å². The smallest absolute Gasteiger partial charge is 0.411 e. The fraction of sp³-hybridized carbons (Fsp3) is 0.333. The van der Waals surface area contributed by atoms with Gasteiger partial charge in [0.15, 0.2) is 0 Å². The highest BCUT2D eigenvalue weighted by molar-refractivity contribution is 5.99. The first-order valence-corrected chi connectivity index (χ1v) is 10.3. The maximum Gasteiger partial charge on any atom is 0.411 e. The van der Waals surface area contributed by atoms with E-state index in [0.717, 1.165) is 12.7 Å². The molecule has 0 bridgehead atoms. The molecule has 0 aliphatic carbocycles. The van der Waals surface area contributed by atoms with Gasteiger partial charge in [0.2, 0.25) is 0 Å². The van der Waals surface area contributed by atoms with Gasteiger partial charge in [-0.15, -0.1) is 0 Å². The number of carbonyl (C=O) groups excluding carboxylic acids is 4. The summed E-state index contributed by atoms with van der Waals surface area (Å²) in [7, 11) is 1.15. The summed E-state index contributed by atoms with van der Waals surface area (Å²) in [5, 5.41) is 5.02. The molecule has 2 rings (SSSR count). The van der Waals surface area contributed by atoms with Crippen molar-refractivity contribution in [3.8, 4) is 0 Å². The van der Waals surface area contributed by atoms with Crippen LogP contribution in [0, 0.1) is 0 Å². The number of ether oxygens (including phenoxy) is 3. The van der Waals surface area contributed by atoms with Crippen molar-refractivity contribution in [2.24, 2.45) is 0 Å². The van der Waals surface area contributed by atoms with Gasteiger partial charge in [-0.1, -0.05) is 36.4 Å². The van der Waals surface area contributed by atoms with Crippen molar-refractivity contribution in [3.63, 3.8) is 0 Å². The van der Waals surface area contributed by atoms with Crippen LogP contribution < -0.4 is 10.6 Å². The molecule has 176 valence electrons. The van der Waals surface area contributed by atoms with Gasteiger partial charge in [0, 0.05) is 11.3 Å². The fourth-order valence-corrected chi connectivity index (χ4v) is 2.74. The largest absolute Gasteiger partial charge is 0.467 e. The number of benzene rings is 2. The Kier molecular flexibility index (Phi) is 8.97. The second kappa shape index (κ2) is 11.7. The maximum atomic E-state index is 12.7. The minimum atomic E-state index is -1.23. The van der Waals surface area contributed by atoms with Crippen LogP contribution in [0.1, 0.15) is 43.1 Å². The van der Waals surface area contributed by atoms with Gasteiger partial charge in [0.05, 0.1) is 13.5 Å². The molecule has 0 radical (unpaired) electrons. The zero-order chi connectivity index (χ0) is 24.4. The zero-order valence-electron chi connectivity index (χ0n) is 19.0. The number of amides is 2. The normalized spacial score (nSPS) is 11.6. The Morgan fingerprint density at radius 1 is 0.970 bits per heavy atom. The van der Waals surface area contributed by atoms with E-state index in [9.17, 15) is 19.2 Å². The number of esters is 2. The van der Waals surface area contributed by atoms with Gasteiger partial charge in [0.1, 0.15) is 18.2 Å². The van der Waals surface area contributed by atoms with Crippen LogP contribution in [0.15, 0.2) is 54.6 Å². The number of nitrogens with one attached hydrogen (secondary N) is 2. The van der Waals surface area contributed by atoms with Crippen LogP contribution >= 0.6 is 0 Å². The maximum absolute atomic E-state index is 12.7. The van der Waals surface area contributed by atoms with Crippen LogP contribution in [0.5, 0.6) is 0 Å². The fourth-order valence-electron chi connectivity index (χ4n) is 2.74. The summed E-state index contributed by atoms with van der Waals surface area (Å²) in [5.74, 6) is -2.07. The van der Waals surface area contributed by atoms with Crippen LogP contribution in [-0.2, 0) is 30.4 Å². The van der Waals surface area contributed by atoms with Crippen molar-refractivity contribution in [2.75, 3.05) is 12.4 Å². The number of carbonyl (C=O) groups is 4. The first kappa shape index (κ1) is 25.4. The van der Waals surface area contributed by atoms with Crippen molar-refractivity contribution in [1.29, 1.82) is 0 Å². The van der Waals surface area contributed by atoms with Gasteiger partial charge in [0.25, 0.3) is 5.91 Å². The molecule has 1 atom stereocenters. The van der Waals surface area contributed by atoms with E-state index in [1.807, 2.05) is 30.3 Å². The molecular formula is C24H28N2O7. The highest BCUT2D eigenvalue weighted by Gasteiger charge is 2.28. The molecule has 2 N–H and O–H groups in total. The second-order valence-electron chi connectivity index (χ2n) is 8.11. The average molecular weight is 456 g/mol. The summed E-state index contributed by atoms with van der Waals surface area (Å²) in [6.07, 6.45) is -1.08. The van der Waals surface area contributed by atoms with Gasteiger partial charge < -0.3 is 19.5 Å². The Balaban J connectivity index is 1.99. The molecule has 0 aliphatic rings. The highest BCUT2D eigenvalue weighted by Crippen LogP contribution is 2.14. The zero-order valence-corrected chi connectivity index (χ0v) is 19.0. The van der Waals surface area contributed by atoms with E-state index in [-0.39, 0.29) is 18.6 Å². The third-order valence-electron chi connectivity index (χ3n) is 4.17. The monoisotopic (exact) mass is 456 g/mol. The predicted molar refractivity (Wildman–Crippen MR) is 120 cm³/mol. The van der Waals surface area contributed by atoms with Crippen molar-refractivity contribution in [2.45, 2.75) is 45.4 Å². The first-order chi connectivity index (χ1) is 15.6. The third kappa shape index (κ3) is 9.02. The van der Waals surface area contributed by atoms with E-state index >= 15 is 0 Å². The average Bonchev–Trinajstić information content (AvgIpc) is 2.76. The van der Waals surface area contributed by atoms with Crippen molar-refractivity contribution >= 4 is 29.6 Å². The summed E-state index contributed by atoms with van der Waals surface area (Å²) < 4.78 is 15.1. The minimum absolute atomic E-state index is 0.0956. The molecule has 2 aromatic rings. The van der Waals surface area contributed by atoms with Crippen LogP contribution in [0.2, 0.25) is 0 Å². The lowest BCUT2D eigenvalue weighted by Crippen LogP contribution is -2.43.